The molecule has 0 aliphatic rings. The summed E-state index contributed by atoms with van der Waals surface area (Å²) < 4.78 is 9.73. The second-order valence-electron chi connectivity index (χ2n) is 18.4. The van der Waals surface area contributed by atoms with Gasteiger partial charge in [-0.3, -0.25) is 0 Å². The molecule has 13 rings (SSSR count). The molecule has 0 bridgehead atoms. The molecule has 0 atom stereocenters. The highest BCUT2D eigenvalue weighted by Gasteiger charge is 2.24. The number of hydrogen-bond donors (Lipinski definition) is 1. The Balaban J connectivity index is 1.02. The van der Waals surface area contributed by atoms with Gasteiger partial charge in [-0.05, 0) is 109 Å². The molecule has 0 unspecified atom stereocenters. The van der Waals surface area contributed by atoms with Gasteiger partial charge in [-0.1, -0.05) is 171 Å². The maximum Gasteiger partial charge on any atom is 0.0641 e. The van der Waals surface area contributed by atoms with Crippen LogP contribution < -0.4 is 5.73 Å². The second kappa shape index (κ2) is 17.1. The molecule has 0 saturated heterocycles. The van der Waals surface area contributed by atoms with Crippen LogP contribution in [0.25, 0.3) is 122 Å². The number of fused-ring (bicyclic) bond motifs is 12. The molecular formula is C67H49N5. The predicted molar refractivity (Wildman–Crippen MR) is 308 cm³/mol. The number of nitrogens with two attached hydrogens (primary N) is 1. The van der Waals surface area contributed by atoms with Crippen LogP contribution >= 0.6 is 0 Å². The van der Waals surface area contributed by atoms with E-state index in [0.717, 1.165) is 83.7 Å². The van der Waals surface area contributed by atoms with Crippen LogP contribution in [0, 0.1) is 0 Å². The van der Waals surface area contributed by atoms with Crippen molar-refractivity contribution in [3.8, 4) is 22.7 Å². The summed E-state index contributed by atoms with van der Waals surface area (Å²) in [5.74, 6) is 0. The molecule has 2 N–H and O–H groups in total. The first kappa shape index (κ1) is 42.5. The third-order valence-electron chi connectivity index (χ3n) is 14.4. The molecule has 4 heterocycles. The van der Waals surface area contributed by atoms with Crippen molar-refractivity contribution in [3.05, 3.63) is 266 Å². The average molecular weight is 924 g/mol. The van der Waals surface area contributed by atoms with Gasteiger partial charge in [0.25, 0.3) is 0 Å². The Morgan fingerprint density at radius 2 is 0.944 bits per heavy atom. The summed E-state index contributed by atoms with van der Waals surface area (Å²) in [6.45, 7) is 11.0. The molecule has 13 aromatic rings. The van der Waals surface area contributed by atoms with Crippen LogP contribution in [-0.2, 0) is 0 Å². The lowest BCUT2D eigenvalue weighted by Crippen LogP contribution is -2.01. The summed E-state index contributed by atoms with van der Waals surface area (Å²) in [6, 6.07) is 74.0. The van der Waals surface area contributed by atoms with Crippen molar-refractivity contribution in [2.45, 2.75) is 6.92 Å². The van der Waals surface area contributed by atoms with Gasteiger partial charge in [-0.2, -0.15) is 0 Å². The quantitative estimate of drug-likeness (QED) is 0.137. The molecule has 5 heteroatoms. The zero-order valence-electron chi connectivity index (χ0n) is 39.9. The Kier molecular flexibility index (Phi) is 10.1. The van der Waals surface area contributed by atoms with Crippen LogP contribution in [0.15, 0.2) is 244 Å². The molecule has 342 valence electrons. The maximum atomic E-state index is 6.42. The zero-order chi connectivity index (χ0) is 48.5. The molecule has 0 fully saturated rings. The highest BCUT2D eigenvalue weighted by atomic mass is 15.0. The summed E-state index contributed by atoms with van der Waals surface area (Å²) in [7, 11) is 0. The third-order valence-corrected chi connectivity index (χ3v) is 14.4. The van der Waals surface area contributed by atoms with Gasteiger partial charge in [0.15, 0.2) is 0 Å². The third kappa shape index (κ3) is 6.55. The van der Waals surface area contributed by atoms with Gasteiger partial charge in [-0.15, -0.1) is 0 Å². The highest BCUT2D eigenvalue weighted by Crippen LogP contribution is 2.45. The topological polar surface area (TPSA) is 45.7 Å². The fourth-order valence-corrected chi connectivity index (χ4v) is 11.3. The fourth-order valence-electron chi connectivity index (χ4n) is 11.3. The first-order chi connectivity index (χ1) is 35.5. The maximum absolute atomic E-state index is 6.42. The molecule has 0 spiro atoms. The summed E-state index contributed by atoms with van der Waals surface area (Å²) in [6.07, 6.45) is 12.3. The standard InChI is InChI=1S/C67H49N5/c1-4-21-58-51(5-2)53-38-40-62-64(55-32-13-16-36-60(55)69(62)48-28-19-25-46(42-48)44(3)22-18-34-57(68)45-23-8-6-9-24-45)66(53)72(58)50-30-20-29-49(43-50)70-61-37-17-14-33-56(61)65-63(70)41-39-54-52-31-12-15-35-59(52)71(67(54)65)47-26-10-7-11-27-47/h4-43H,2-3,68H2,1H3/b21-4-,22-18-,57-34-. The molecule has 4 aromatic heterocycles. The lowest BCUT2D eigenvalue weighted by molar-refractivity contribution is 1.09. The van der Waals surface area contributed by atoms with Crippen molar-refractivity contribution in [1.82, 2.24) is 18.3 Å². The Morgan fingerprint density at radius 1 is 0.444 bits per heavy atom. The van der Waals surface area contributed by atoms with Crippen molar-refractivity contribution in [3.63, 3.8) is 0 Å². The van der Waals surface area contributed by atoms with Crippen molar-refractivity contribution >= 4 is 99.7 Å². The van der Waals surface area contributed by atoms with Gasteiger partial charge in [0.1, 0.15) is 0 Å². The zero-order valence-corrected chi connectivity index (χ0v) is 39.9. The molecular weight excluding hydrogens is 875 g/mol. The minimum absolute atomic E-state index is 0.704. The van der Waals surface area contributed by atoms with Crippen LogP contribution in [-0.4, -0.2) is 18.3 Å². The Bertz CT molecular complexity index is 4430. The van der Waals surface area contributed by atoms with E-state index in [2.05, 4.69) is 226 Å². The van der Waals surface area contributed by atoms with E-state index in [1.165, 1.54) is 43.4 Å². The summed E-state index contributed by atoms with van der Waals surface area (Å²) >= 11 is 0. The average Bonchev–Trinajstić information content (AvgIpc) is 4.16. The number of rotatable bonds is 10. The molecule has 0 aliphatic heterocycles. The number of benzene rings is 9. The van der Waals surface area contributed by atoms with Crippen LogP contribution in [0.4, 0.5) is 0 Å². The molecule has 5 nitrogen and oxygen atoms in total. The van der Waals surface area contributed by atoms with Gasteiger partial charge in [0, 0.05) is 71.7 Å². The minimum Gasteiger partial charge on any atom is -0.398 e. The molecule has 0 radical (unpaired) electrons. The second-order valence-corrected chi connectivity index (χ2v) is 18.4. The molecule has 9 aromatic carbocycles. The number of hydrogen-bond acceptors (Lipinski definition) is 1. The fraction of sp³-hybridized carbons (Fsp3) is 0.0149. The molecule has 72 heavy (non-hydrogen) atoms. The Morgan fingerprint density at radius 3 is 1.58 bits per heavy atom. The van der Waals surface area contributed by atoms with Crippen LogP contribution in [0.2, 0.25) is 0 Å². The van der Waals surface area contributed by atoms with Crippen molar-refractivity contribution in [2.24, 2.45) is 5.73 Å². The first-order valence-electron chi connectivity index (χ1n) is 24.5. The van der Waals surface area contributed by atoms with Gasteiger partial charge in [0.05, 0.1) is 44.3 Å². The van der Waals surface area contributed by atoms with E-state index in [-0.39, 0.29) is 0 Å². The largest absolute Gasteiger partial charge is 0.398 e. The van der Waals surface area contributed by atoms with E-state index < -0.39 is 0 Å². The SMILES string of the molecule is C=Cc1c(/C=C\C)n(-c2cccc(-n3c4ccccc4c4c3ccc3c5ccccc5n(-c5ccccc5)c34)c2)c2c1ccc1c2c2ccccc2n1-c1cccc(C(=C)/C=C\C=C(/N)c2ccccc2)c1. The van der Waals surface area contributed by atoms with Crippen LogP contribution in [0.5, 0.6) is 0 Å². The van der Waals surface area contributed by atoms with Crippen LogP contribution in [0.1, 0.15) is 29.3 Å². The van der Waals surface area contributed by atoms with E-state index in [1.54, 1.807) is 0 Å². The van der Waals surface area contributed by atoms with E-state index in [1.807, 2.05) is 54.6 Å². The lowest BCUT2D eigenvalue weighted by Gasteiger charge is -2.14. The number of aromatic nitrogens is 4. The van der Waals surface area contributed by atoms with Gasteiger partial charge < -0.3 is 24.0 Å². The summed E-state index contributed by atoms with van der Waals surface area (Å²) in [5, 5.41) is 8.39. The molecule has 0 aliphatic carbocycles. The highest BCUT2D eigenvalue weighted by molar-refractivity contribution is 6.26. The van der Waals surface area contributed by atoms with Crippen molar-refractivity contribution in [2.75, 3.05) is 0 Å². The van der Waals surface area contributed by atoms with Gasteiger partial charge in [-0.25, -0.2) is 0 Å². The minimum atomic E-state index is 0.704. The number of para-hydroxylation sites is 4. The number of allylic oxidation sites excluding steroid dienone is 5. The number of nitrogens with zero attached hydrogens (tertiary/aromatic N) is 4. The summed E-state index contributed by atoms with van der Waals surface area (Å²) in [5.41, 5.74) is 24.6. The van der Waals surface area contributed by atoms with Crippen molar-refractivity contribution in [1.29, 1.82) is 0 Å². The van der Waals surface area contributed by atoms with Gasteiger partial charge >= 0.3 is 0 Å². The lowest BCUT2D eigenvalue weighted by atomic mass is 10.1. The van der Waals surface area contributed by atoms with E-state index in [0.29, 0.717) is 5.70 Å². The Labute approximate surface area is 417 Å². The monoisotopic (exact) mass is 923 g/mol. The first-order valence-corrected chi connectivity index (χ1v) is 24.5. The van der Waals surface area contributed by atoms with Gasteiger partial charge in [0.2, 0.25) is 0 Å². The summed E-state index contributed by atoms with van der Waals surface area (Å²) in [4.78, 5) is 0. The smallest absolute Gasteiger partial charge is 0.0641 e. The molecule has 0 amide bonds. The molecule has 0 saturated carbocycles. The van der Waals surface area contributed by atoms with E-state index in [4.69, 9.17) is 5.73 Å². The predicted octanol–water partition coefficient (Wildman–Crippen LogP) is 17.2. The van der Waals surface area contributed by atoms with Crippen LogP contribution in [0.3, 0.4) is 0 Å². The normalized spacial score (nSPS) is 12.4. The van der Waals surface area contributed by atoms with E-state index in [9.17, 15) is 0 Å². The van der Waals surface area contributed by atoms with E-state index >= 15 is 0 Å². The Hall–Kier alpha value is -9.58. The van der Waals surface area contributed by atoms with Crippen molar-refractivity contribution < 1.29 is 0 Å².